The van der Waals surface area contributed by atoms with Gasteiger partial charge in [-0.3, -0.25) is 9.36 Å². The molecule has 0 atom stereocenters. The first kappa shape index (κ1) is 13.5. The van der Waals surface area contributed by atoms with Crippen molar-refractivity contribution in [3.8, 4) is 0 Å². The molecule has 3 nitrogen and oxygen atoms in total. The maximum Gasteiger partial charge on any atom is 0.267 e. The summed E-state index contributed by atoms with van der Waals surface area (Å²) in [7, 11) is 0. The van der Waals surface area contributed by atoms with E-state index in [-0.39, 0.29) is 17.9 Å². The molecule has 1 heterocycles. The molecule has 0 unspecified atom stereocenters. The molecule has 0 aliphatic heterocycles. The molecule has 0 amide bonds. The monoisotopic (exact) mass is 378 g/mol. The van der Waals surface area contributed by atoms with Gasteiger partial charge in [0.15, 0.2) is 0 Å². The Bertz CT molecular complexity index is 657. The molecule has 18 heavy (non-hydrogen) atoms. The Morgan fingerprint density at radius 1 is 1.50 bits per heavy atom. The van der Waals surface area contributed by atoms with Crippen molar-refractivity contribution in [3.05, 3.63) is 60.5 Å². The first-order valence-electron chi connectivity index (χ1n) is 5.14. The summed E-state index contributed by atoms with van der Waals surface area (Å²) in [5.74, 6) is -0.378. The van der Waals surface area contributed by atoms with Gasteiger partial charge in [-0.05, 0) is 53.3 Å². The molecule has 0 N–H and O–H groups in total. The van der Waals surface area contributed by atoms with Gasteiger partial charge >= 0.3 is 0 Å². The lowest BCUT2D eigenvalue weighted by atomic mass is 10.2. The molecule has 0 saturated carbocycles. The van der Waals surface area contributed by atoms with E-state index < -0.39 is 0 Å². The summed E-state index contributed by atoms with van der Waals surface area (Å²) < 4.78 is 15.1. The molecule has 1 aromatic heterocycles. The van der Waals surface area contributed by atoms with Gasteiger partial charge in [0.05, 0.1) is 22.1 Å². The van der Waals surface area contributed by atoms with Crippen LogP contribution >= 0.6 is 34.2 Å². The first-order chi connectivity index (χ1) is 8.49. The standard InChI is InChI=1S/C12H9ClFIN2O/c1-7-11(15)12(18)17(6-16-7)5-8-4-9(14)2-3-10(8)13/h2-4,6H,5H2,1H3. The van der Waals surface area contributed by atoms with Gasteiger partial charge in [0.2, 0.25) is 0 Å². The molecular formula is C12H9ClFIN2O. The Morgan fingerprint density at radius 2 is 2.22 bits per heavy atom. The summed E-state index contributed by atoms with van der Waals surface area (Å²) in [6, 6.07) is 4.08. The fourth-order valence-electron chi connectivity index (χ4n) is 1.51. The zero-order chi connectivity index (χ0) is 13.3. The number of aromatic nitrogens is 2. The van der Waals surface area contributed by atoms with E-state index in [1.165, 1.54) is 29.1 Å². The van der Waals surface area contributed by atoms with Crippen LogP contribution in [0.3, 0.4) is 0 Å². The van der Waals surface area contributed by atoms with Gasteiger partial charge < -0.3 is 0 Å². The lowest BCUT2D eigenvalue weighted by molar-refractivity contribution is 0.622. The van der Waals surface area contributed by atoms with Crippen molar-refractivity contribution >= 4 is 34.2 Å². The quantitative estimate of drug-likeness (QED) is 0.753. The van der Waals surface area contributed by atoms with Crippen LogP contribution in [0, 0.1) is 16.3 Å². The van der Waals surface area contributed by atoms with Gasteiger partial charge in [0.1, 0.15) is 5.82 Å². The SMILES string of the molecule is Cc1ncn(Cc2cc(F)ccc2Cl)c(=O)c1I. The Labute approximate surface area is 122 Å². The van der Waals surface area contributed by atoms with Crippen LogP contribution in [0.25, 0.3) is 0 Å². The number of benzene rings is 1. The number of hydrogen-bond donors (Lipinski definition) is 0. The molecule has 6 heteroatoms. The van der Waals surface area contributed by atoms with Crippen LogP contribution in [0.5, 0.6) is 0 Å². The molecule has 0 spiro atoms. The average molecular weight is 379 g/mol. The Balaban J connectivity index is 2.44. The Morgan fingerprint density at radius 3 is 2.94 bits per heavy atom. The molecule has 0 aliphatic rings. The molecule has 94 valence electrons. The van der Waals surface area contributed by atoms with Gasteiger partial charge in [0.25, 0.3) is 5.56 Å². The topological polar surface area (TPSA) is 34.9 Å². The minimum atomic E-state index is -0.378. The van der Waals surface area contributed by atoms with E-state index in [1.807, 2.05) is 22.6 Å². The first-order valence-corrected chi connectivity index (χ1v) is 6.60. The molecule has 0 saturated heterocycles. The number of aryl methyl sites for hydroxylation is 1. The third-order valence-corrected chi connectivity index (χ3v) is 4.12. The van der Waals surface area contributed by atoms with Gasteiger partial charge in [-0.25, -0.2) is 9.37 Å². The number of nitrogens with zero attached hydrogens (tertiary/aromatic N) is 2. The highest BCUT2D eigenvalue weighted by Gasteiger charge is 2.08. The van der Waals surface area contributed by atoms with E-state index in [9.17, 15) is 9.18 Å². The minimum absolute atomic E-state index is 0.150. The summed E-state index contributed by atoms with van der Waals surface area (Å²) in [5.41, 5.74) is 1.09. The van der Waals surface area contributed by atoms with Crippen LogP contribution in [0.1, 0.15) is 11.3 Å². The predicted molar refractivity (Wildman–Crippen MR) is 76.5 cm³/mol. The van der Waals surface area contributed by atoms with Crippen molar-refractivity contribution in [3.63, 3.8) is 0 Å². The van der Waals surface area contributed by atoms with Crippen molar-refractivity contribution in [2.75, 3.05) is 0 Å². The maximum atomic E-state index is 13.1. The van der Waals surface area contributed by atoms with Crippen molar-refractivity contribution < 1.29 is 4.39 Å². The lowest BCUT2D eigenvalue weighted by Gasteiger charge is -2.08. The lowest BCUT2D eigenvalue weighted by Crippen LogP contribution is -2.24. The van der Waals surface area contributed by atoms with Crippen LogP contribution in [0.4, 0.5) is 4.39 Å². The van der Waals surface area contributed by atoms with Crippen LogP contribution < -0.4 is 5.56 Å². The third kappa shape index (κ3) is 2.72. The number of hydrogen-bond acceptors (Lipinski definition) is 2. The highest BCUT2D eigenvalue weighted by molar-refractivity contribution is 14.1. The second-order valence-electron chi connectivity index (χ2n) is 3.81. The van der Waals surface area contributed by atoms with E-state index in [0.717, 1.165) is 0 Å². The molecule has 1 aromatic carbocycles. The van der Waals surface area contributed by atoms with Crippen molar-refractivity contribution in [1.82, 2.24) is 9.55 Å². The number of halogens is 3. The molecule has 2 aromatic rings. The maximum absolute atomic E-state index is 13.1. The highest BCUT2D eigenvalue weighted by Crippen LogP contribution is 2.17. The van der Waals surface area contributed by atoms with E-state index in [2.05, 4.69) is 4.98 Å². The second-order valence-corrected chi connectivity index (χ2v) is 5.30. The zero-order valence-electron chi connectivity index (χ0n) is 9.45. The van der Waals surface area contributed by atoms with Crippen molar-refractivity contribution in [1.29, 1.82) is 0 Å². The largest absolute Gasteiger partial charge is 0.294 e. The zero-order valence-corrected chi connectivity index (χ0v) is 12.4. The van der Waals surface area contributed by atoms with E-state index in [1.54, 1.807) is 6.92 Å². The van der Waals surface area contributed by atoms with E-state index in [0.29, 0.717) is 19.9 Å². The molecule has 0 bridgehead atoms. The Hall–Kier alpha value is -0.950. The summed E-state index contributed by atoms with van der Waals surface area (Å²) in [5, 5.41) is 0.430. The summed E-state index contributed by atoms with van der Waals surface area (Å²) in [6.45, 7) is 1.97. The molecule has 0 fully saturated rings. The minimum Gasteiger partial charge on any atom is -0.294 e. The molecule has 2 rings (SSSR count). The summed E-state index contributed by atoms with van der Waals surface area (Å²) >= 11 is 7.91. The average Bonchev–Trinajstić information content (AvgIpc) is 2.34. The van der Waals surface area contributed by atoms with Crippen LogP contribution in [-0.2, 0) is 6.54 Å². The van der Waals surface area contributed by atoms with Gasteiger partial charge in [-0.2, -0.15) is 0 Å². The predicted octanol–water partition coefficient (Wildman–Crippen LogP) is 3.00. The van der Waals surface area contributed by atoms with Gasteiger partial charge in [0, 0.05) is 5.02 Å². The van der Waals surface area contributed by atoms with Crippen LogP contribution in [0.2, 0.25) is 5.02 Å². The highest BCUT2D eigenvalue weighted by atomic mass is 127. The van der Waals surface area contributed by atoms with Gasteiger partial charge in [-0.1, -0.05) is 11.6 Å². The normalized spacial score (nSPS) is 10.7. The molecule has 0 radical (unpaired) electrons. The second kappa shape index (κ2) is 5.36. The molecular weight excluding hydrogens is 369 g/mol. The van der Waals surface area contributed by atoms with Crippen LogP contribution in [0.15, 0.2) is 29.3 Å². The summed E-state index contributed by atoms with van der Waals surface area (Å²) in [4.78, 5) is 16.1. The van der Waals surface area contributed by atoms with E-state index >= 15 is 0 Å². The third-order valence-electron chi connectivity index (χ3n) is 2.51. The Kier molecular flexibility index (Phi) is 4.01. The molecule has 0 aliphatic carbocycles. The van der Waals surface area contributed by atoms with Crippen molar-refractivity contribution in [2.45, 2.75) is 13.5 Å². The fourth-order valence-corrected chi connectivity index (χ4v) is 2.13. The number of rotatable bonds is 2. The van der Waals surface area contributed by atoms with E-state index in [4.69, 9.17) is 11.6 Å². The fraction of sp³-hybridized carbons (Fsp3) is 0.167. The van der Waals surface area contributed by atoms with Crippen LogP contribution in [-0.4, -0.2) is 9.55 Å². The van der Waals surface area contributed by atoms with Gasteiger partial charge in [-0.15, -0.1) is 0 Å². The summed E-state index contributed by atoms with van der Waals surface area (Å²) in [6.07, 6.45) is 1.45. The smallest absolute Gasteiger partial charge is 0.267 e. The van der Waals surface area contributed by atoms with Crippen molar-refractivity contribution in [2.24, 2.45) is 0 Å².